The lowest BCUT2D eigenvalue weighted by atomic mass is 10.1. The molecule has 0 spiro atoms. The summed E-state index contributed by atoms with van der Waals surface area (Å²) >= 11 is 0. The summed E-state index contributed by atoms with van der Waals surface area (Å²) < 4.78 is 4.07. The maximum atomic E-state index is 12.4. The van der Waals surface area contributed by atoms with Crippen molar-refractivity contribution in [3.05, 3.63) is 47.4 Å². The first-order valence-corrected chi connectivity index (χ1v) is 8.77. The number of benzene rings is 1. The third-order valence-corrected chi connectivity index (χ3v) is 4.77. The number of carbonyl (C=O) groups excluding carboxylic acids is 1. The van der Waals surface area contributed by atoms with Crippen molar-refractivity contribution >= 4 is 22.5 Å². The Hall–Kier alpha value is -2.56. The van der Waals surface area contributed by atoms with Gasteiger partial charge in [0.1, 0.15) is 0 Å². The van der Waals surface area contributed by atoms with Crippen LogP contribution in [0.25, 0.3) is 10.9 Å². The molecule has 5 nitrogen and oxygen atoms in total. The molecule has 0 atom stereocenters. The number of carbonyl (C=O) groups is 1. The second-order valence-corrected chi connectivity index (χ2v) is 6.89. The Kier molecular flexibility index (Phi) is 4.66. The lowest BCUT2D eigenvalue weighted by Gasteiger charge is -2.08. The monoisotopic (exact) mass is 338 g/mol. The van der Waals surface area contributed by atoms with Gasteiger partial charge in [-0.05, 0) is 45.7 Å². The zero-order valence-corrected chi connectivity index (χ0v) is 15.6. The Labute approximate surface area is 148 Å². The SMILES string of the molecule is Cc1nn(C)c(C)c1NC(=O)CCc1cn(C(C)C)c2ccccc12. The van der Waals surface area contributed by atoms with Crippen molar-refractivity contribution in [1.82, 2.24) is 14.3 Å². The van der Waals surface area contributed by atoms with Crippen molar-refractivity contribution in [3.8, 4) is 0 Å². The predicted molar refractivity (Wildman–Crippen MR) is 102 cm³/mol. The molecular formula is C20H26N4O. The summed E-state index contributed by atoms with van der Waals surface area (Å²) in [7, 11) is 1.89. The number of anilines is 1. The molecule has 25 heavy (non-hydrogen) atoms. The van der Waals surface area contributed by atoms with E-state index < -0.39 is 0 Å². The third-order valence-electron chi connectivity index (χ3n) is 4.77. The summed E-state index contributed by atoms with van der Waals surface area (Å²) in [6.45, 7) is 8.23. The van der Waals surface area contributed by atoms with Gasteiger partial charge in [-0.3, -0.25) is 9.48 Å². The van der Waals surface area contributed by atoms with Gasteiger partial charge in [0, 0.05) is 36.6 Å². The fraction of sp³-hybridized carbons (Fsp3) is 0.400. The lowest BCUT2D eigenvalue weighted by molar-refractivity contribution is -0.116. The molecule has 132 valence electrons. The number of nitrogens with one attached hydrogen (secondary N) is 1. The van der Waals surface area contributed by atoms with E-state index >= 15 is 0 Å². The molecule has 0 aliphatic heterocycles. The molecular weight excluding hydrogens is 312 g/mol. The van der Waals surface area contributed by atoms with Gasteiger partial charge in [-0.1, -0.05) is 18.2 Å². The molecule has 0 fully saturated rings. The lowest BCUT2D eigenvalue weighted by Crippen LogP contribution is -2.13. The molecule has 0 aliphatic carbocycles. The Bertz CT molecular complexity index is 917. The summed E-state index contributed by atoms with van der Waals surface area (Å²) in [6, 6.07) is 8.79. The standard InChI is InChI=1S/C20H26N4O/c1-13(2)24-12-16(17-8-6-7-9-18(17)24)10-11-19(25)21-20-14(3)22-23(5)15(20)4/h6-9,12-13H,10-11H2,1-5H3,(H,21,25). The van der Waals surface area contributed by atoms with Gasteiger partial charge in [-0.25, -0.2) is 0 Å². The summed E-state index contributed by atoms with van der Waals surface area (Å²) in [5.74, 6) is 0.0283. The third kappa shape index (κ3) is 3.31. The Morgan fingerprint density at radius 2 is 1.96 bits per heavy atom. The molecule has 0 saturated carbocycles. The average molecular weight is 338 g/mol. The zero-order chi connectivity index (χ0) is 18.1. The van der Waals surface area contributed by atoms with Gasteiger partial charge < -0.3 is 9.88 Å². The molecule has 0 aliphatic rings. The van der Waals surface area contributed by atoms with Gasteiger partial charge in [-0.2, -0.15) is 5.10 Å². The van der Waals surface area contributed by atoms with E-state index in [1.807, 2.05) is 20.9 Å². The number of aryl methyl sites for hydroxylation is 3. The van der Waals surface area contributed by atoms with Gasteiger partial charge in [0.05, 0.1) is 17.1 Å². The van der Waals surface area contributed by atoms with E-state index in [0.717, 1.165) is 23.5 Å². The molecule has 0 saturated heterocycles. The molecule has 1 N–H and O–H groups in total. The van der Waals surface area contributed by atoms with Crippen LogP contribution in [0.4, 0.5) is 5.69 Å². The Balaban J connectivity index is 1.75. The molecule has 3 rings (SSSR count). The van der Waals surface area contributed by atoms with E-state index in [0.29, 0.717) is 12.5 Å². The van der Waals surface area contributed by atoms with Crippen molar-refractivity contribution in [2.45, 2.75) is 46.6 Å². The number of para-hydroxylation sites is 1. The highest BCUT2D eigenvalue weighted by Gasteiger charge is 2.14. The molecule has 0 bridgehead atoms. The minimum absolute atomic E-state index is 0.0283. The van der Waals surface area contributed by atoms with Crippen LogP contribution in [0.2, 0.25) is 0 Å². The van der Waals surface area contributed by atoms with Gasteiger partial charge in [0.15, 0.2) is 0 Å². The van der Waals surface area contributed by atoms with Gasteiger partial charge in [0.2, 0.25) is 5.91 Å². The fourth-order valence-electron chi connectivity index (χ4n) is 3.31. The van der Waals surface area contributed by atoms with E-state index in [4.69, 9.17) is 0 Å². The highest BCUT2D eigenvalue weighted by atomic mass is 16.1. The van der Waals surface area contributed by atoms with E-state index in [1.54, 1.807) is 4.68 Å². The first kappa shape index (κ1) is 17.3. The van der Waals surface area contributed by atoms with Gasteiger partial charge in [0.25, 0.3) is 0 Å². The second-order valence-electron chi connectivity index (χ2n) is 6.89. The fourth-order valence-corrected chi connectivity index (χ4v) is 3.31. The van der Waals surface area contributed by atoms with E-state index in [1.165, 1.54) is 16.5 Å². The number of fused-ring (bicyclic) bond motifs is 1. The summed E-state index contributed by atoms with van der Waals surface area (Å²) in [4.78, 5) is 12.4. The topological polar surface area (TPSA) is 51.9 Å². The number of amides is 1. The normalized spacial score (nSPS) is 11.4. The van der Waals surface area contributed by atoms with Crippen LogP contribution < -0.4 is 5.32 Å². The number of rotatable bonds is 5. The van der Waals surface area contributed by atoms with Crippen LogP contribution in [0, 0.1) is 13.8 Å². The largest absolute Gasteiger partial charge is 0.345 e. The Morgan fingerprint density at radius 3 is 2.60 bits per heavy atom. The maximum Gasteiger partial charge on any atom is 0.224 e. The molecule has 2 heterocycles. The summed E-state index contributed by atoms with van der Waals surface area (Å²) in [6.07, 6.45) is 3.37. The molecule has 1 amide bonds. The number of aromatic nitrogens is 3. The summed E-state index contributed by atoms with van der Waals surface area (Å²) in [5.41, 5.74) is 5.11. The van der Waals surface area contributed by atoms with Crippen LogP contribution >= 0.6 is 0 Å². The van der Waals surface area contributed by atoms with Crippen molar-refractivity contribution in [1.29, 1.82) is 0 Å². The predicted octanol–water partition coefficient (Wildman–Crippen LogP) is 4.14. The minimum atomic E-state index is 0.0283. The smallest absolute Gasteiger partial charge is 0.224 e. The molecule has 0 radical (unpaired) electrons. The van der Waals surface area contributed by atoms with E-state index in [-0.39, 0.29) is 5.91 Å². The Morgan fingerprint density at radius 1 is 1.24 bits per heavy atom. The highest BCUT2D eigenvalue weighted by molar-refractivity contribution is 5.92. The van der Waals surface area contributed by atoms with E-state index in [9.17, 15) is 4.79 Å². The van der Waals surface area contributed by atoms with Gasteiger partial charge in [-0.15, -0.1) is 0 Å². The molecule has 1 aromatic carbocycles. The maximum absolute atomic E-state index is 12.4. The second kappa shape index (κ2) is 6.75. The van der Waals surface area contributed by atoms with Crippen molar-refractivity contribution in [2.24, 2.45) is 7.05 Å². The number of hydrogen-bond donors (Lipinski definition) is 1. The quantitative estimate of drug-likeness (QED) is 0.760. The molecule has 2 aromatic heterocycles. The van der Waals surface area contributed by atoms with Crippen molar-refractivity contribution < 1.29 is 4.79 Å². The number of nitrogens with zero attached hydrogens (tertiary/aromatic N) is 3. The van der Waals surface area contributed by atoms with Crippen LogP contribution in [0.3, 0.4) is 0 Å². The molecule has 3 aromatic rings. The average Bonchev–Trinajstić information content (AvgIpc) is 3.06. The van der Waals surface area contributed by atoms with Crippen LogP contribution in [0.5, 0.6) is 0 Å². The van der Waals surface area contributed by atoms with Crippen LogP contribution in [-0.2, 0) is 18.3 Å². The first-order valence-electron chi connectivity index (χ1n) is 8.77. The van der Waals surface area contributed by atoms with Crippen LogP contribution in [-0.4, -0.2) is 20.3 Å². The van der Waals surface area contributed by atoms with Crippen LogP contribution in [0.1, 0.15) is 43.3 Å². The minimum Gasteiger partial charge on any atom is -0.345 e. The van der Waals surface area contributed by atoms with Crippen molar-refractivity contribution in [3.63, 3.8) is 0 Å². The molecule has 5 heteroatoms. The van der Waals surface area contributed by atoms with E-state index in [2.05, 4.69) is 59.3 Å². The molecule has 0 unspecified atom stereocenters. The zero-order valence-electron chi connectivity index (χ0n) is 15.6. The summed E-state index contributed by atoms with van der Waals surface area (Å²) in [5, 5.41) is 8.60. The van der Waals surface area contributed by atoms with Crippen LogP contribution in [0.15, 0.2) is 30.5 Å². The highest BCUT2D eigenvalue weighted by Crippen LogP contribution is 2.26. The first-order chi connectivity index (χ1) is 11.9. The van der Waals surface area contributed by atoms with Crippen molar-refractivity contribution in [2.75, 3.05) is 5.32 Å². The number of hydrogen-bond acceptors (Lipinski definition) is 2. The van der Waals surface area contributed by atoms with Gasteiger partial charge >= 0.3 is 0 Å².